The van der Waals surface area contributed by atoms with Crippen molar-refractivity contribution in [1.29, 1.82) is 0 Å². The lowest BCUT2D eigenvalue weighted by Gasteiger charge is -2.08. The summed E-state index contributed by atoms with van der Waals surface area (Å²) in [5.41, 5.74) is 7.02. The van der Waals surface area contributed by atoms with Gasteiger partial charge in [0.15, 0.2) is 5.69 Å². The molecule has 1 heterocycles. The number of carboxylic acids is 1. The van der Waals surface area contributed by atoms with Crippen LogP contribution in [-0.4, -0.2) is 26.1 Å². The van der Waals surface area contributed by atoms with Gasteiger partial charge in [0.1, 0.15) is 0 Å². The van der Waals surface area contributed by atoms with Crippen LogP contribution in [0.4, 0.5) is 0 Å². The van der Waals surface area contributed by atoms with Crippen LogP contribution in [0.3, 0.4) is 0 Å². The molecular formula is C15H14N4O2. The highest BCUT2D eigenvalue weighted by atomic mass is 16.4. The van der Waals surface area contributed by atoms with Crippen molar-refractivity contribution in [3.8, 4) is 0 Å². The van der Waals surface area contributed by atoms with E-state index >= 15 is 0 Å². The second-order valence-electron chi connectivity index (χ2n) is 4.69. The van der Waals surface area contributed by atoms with Gasteiger partial charge in [-0.3, -0.25) is 0 Å². The van der Waals surface area contributed by atoms with Crippen molar-refractivity contribution in [2.24, 2.45) is 5.73 Å². The van der Waals surface area contributed by atoms with Gasteiger partial charge in [0, 0.05) is 6.54 Å². The van der Waals surface area contributed by atoms with E-state index in [2.05, 4.69) is 10.3 Å². The maximum absolute atomic E-state index is 11.1. The third kappa shape index (κ3) is 2.36. The first-order valence-electron chi connectivity index (χ1n) is 6.53. The van der Waals surface area contributed by atoms with Crippen LogP contribution in [0.1, 0.15) is 21.7 Å². The fourth-order valence-corrected chi connectivity index (χ4v) is 2.42. The molecule has 0 amide bonds. The predicted molar refractivity (Wildman–Crippen MR) is 77.9 cm³/mol. The molecule has 21 heavy (non-hydrogen) atoms. The van der Waals surface area contributed by atoms with Gasteiger partial charge in [-0.05, 0) is 16.3 Å². The molecule has 0 saturated heterocycles. The van der Waals surface area contributed by atoms with E-state index in [1.165, 1.54) is 0 Å². The molecule has 6 nitrogen and oxygen atoms in total. The second kappa shape index (κ2) is 5.34. The third-order valence-corrected chi connectivity index (χ3v) is 3.43. The molecule has 0 spiro atoms. The van der Waals surface area contributed by atoms with Gasteiger partial charge in [-0.2, -0.15) is 0 Å². The fraction of sp³-hybridized carbons (Fsp3) is 0.133. The molecule has 0 aliphatic rings. The lowest BCUT2D eigenvalue weighted by molar-refractivity contribution is 0.0689. The molecule has 6 heteroatoms. The summed E-state index contributed by atoms with van der Waals surface area (Å²) in [5.74, 6) is -1.11. The summed E-state index contributed by atoms with van der Waals surface area (Å²) in [6.07, 6.45) is 0. The van der Waals surface area contributed by atoms with Gasteiger partial charge < -0.3 is 10.8 Å². The quantitative estimate of drug-likeness (QED) is 0.758. The highest BCUT2D eigenvalue weighted by Crippen LogP contribution is 2.20. The minimum absolute atomic E-state index is 0.0827. The number of carbonyl (C=O) groups is 1. The summed E-state index contributed by atoms with van der Waals surface area (Å²) >= 11 is 0. The number of hydrogen-bond acceptors (Lipinski definition) is 4. The van der Waals surface area contributed by atoms with Gasteiger partial charge in [0.2, 0.25) is 0 Å². The van der Waals surface area contributed by atoms with E-state index in [0.29, 0.717) is 12.2 Å². The van der Waals surface area contributed by atoms with Gasteiger partial charge >= 0.3 is 5.97 Å². The van der Waals surface area contributed by atoms with Crippen LogP contribution in [-0.2, 0) is 13.1 Å². The number of aromatic carboxylic acids is 1. The van der Waals surface area contributed by atoms with E-state index in [4.69, 9.17) is 10.8 Å². The Labute approximate surface area is 120 Å². The number of benzene rings is 2. The topological polar surface area (TPSA) is 94.0 Å². The highest BCUT2D eigenvalue weighted by Gasteiger charge is 2.18. The Morgan fingerprint density at radius 1 is 1.19 bits per heavy atom. The third-order valence-electron chi connectivity index (χ3n) is 3.43. The van der Waals surface area contributed by atoms with Gasteiger partial charge in [0.25, 0.3) is 0 Å². The molecule has 3 aromatic rings. The number of hydrogen-bond donors (Lipinski definition) is 2. The number of nitrogens with zero attached hydrogens (tertiary/aromatic N) is 3. The number of fused-ring (bicyclic) bond motifs is 1. The Balaban J connectivity index is 2.05. The van der Waals surface area contributed by atoms with Crippen LogP contribution in [0.15, 0.2) is 42.5 Å². The van der Waals surface area contributed by atoms with E-state index in [-0.39, 0.29) is 12.2 Å². The second-order valence-corrected chi connectivity index (χ2v) is 4.69. The smallest absolute Gasteiger partial charge is 0.358 e. The van der Waals surface area contributed by atoms with Gasteiger partial charge in [0.05, 0.1) is 12.2 Å². The SMILES string of the molecule is NCc1c(C(=O)O)nnn1Cc1cccc2ccccc12. The molecule has 3 N–H and O–H groups in total. The molecule has 0 fully saturated rings. The molecule has 0 aliphatic carbocycles. The average Bonchev–Trinajstić information content (AvgIpc) is 2.90. The van der Waals surface area contributed by atoms with Crippen molar-refractivity contribution in [2.45, 2.75) is 13.1 Å². The van der Waals surface area contributed by atoms with E-state index in [9.17, 15) is 4.79 Å². The number of rotatable bonds is 4. The zero-order valence-electron chi connectivity index (χ0n) is 11.2. The first-order chi connectivity index (χ1) is 10.2. The number of aromatic nitrogens is 3. The van der Waals surface area contributed by atoms with Crippen LogP contribution in [0, 0.1) is 0 Å². The van der Waals surface area contributed by atoms with E-state index in [0.717, 1.165) is 16.3 Å². The summed E-state index contributed by atoms with van der Waals surface area (Å²) < 4.78 is 1.55. The summed E-state index contributed by atoms with van der Waals surface area (Å²) in [7, 11) is 0. The van der Waals surface area contributed by atoms with Crippen LogP contribution in [0.2, 0.25) is 0 Å². The maximum Gasteiger partial charge on any atom is 0.358 e. The summed E-state index contributed by atoms with van der Waals surface area (Å²) in [5, 5.41) is 18.9. The van der Waals surface area contributed by atoms with Crippen molar-refractivity contribution in [1.82, 2.24) is 15.0 Å². The van der Waals surface area contributed by atoms with E-state index in [1.54, 1.807) is 4.68 Å². The van der Waals surface area contributed by atoms with Crippen LogP contribution in [0.5, 0.6) is 0 Å². The van der Waals surface area contributed by atoms with Gasteiger partial charge in [-0.25, -0.2) is 9.48 Å². The molecule has 0 unspecified atom stereocenters. The van der Waals surface area contributed by atoms with Crippen LogP contribution < -0.4 is 5.73 Å². The monoisotopic (exact) mass is 282 g/mol. The van der Waals surface area contributed by atoms with Crippen molar-refractivity contribution < 1.29 is 9.90 Å². The highest BCUT2D eigenvalue weighted by molar-refractivity contribution is 5.87. The molecule has 1 aromatic heterocycles. The minimum atomic E-state index is -1.11. The summed E-state index contributed by atoms with van der Waals surface area (Å²) in [6, 6.07) is 14.0. The first-order valence-corrected chi connectivity index (χ1v) is 6.53. The van der Waals surface area contributed by atoms with Crippen LogP contribution in [0.25, 0.3) is 10.8 Å². The fourth-order valence-electron chi connectivity index (χ4n) is 2.42. The number of carboxylic acid groups (broad SMARTS) is 1. The molecule has 0 saturated carbocycles. The zero-order chi connectivity index (χ0) is 14.8. The Morgan fingerprint density at radius 2 is 1.95 bits per heavy atom. The Morgan fingerprint density at radius 3 is 2.71 bits per heavy atom. The normalized spacial score (nSPS) is 10.9. The van der Waals surface area contributed by atoms with E-state index in [1.807, 2.05) is 42.5 Å². The predicted octanol–water partition coefficient (Wildman–Crippen LogP) is 1.64. The maximum atomic E-state index is 11.1. The Kier molecular flexibility index (Phi) is 3.37. The molecule has 106 valence electrons. The molecule has 3 rings (SSSR count). The zero-order valence-corrected chi connectivity index (χ0v) is 11.2. The lowest BCUT2D eigenvalue weighted by atomic mass is 10.0. The van der Waals surface area contributed by atoms with Crippen molar-refractivity contribution in [2.75, 3.05) is 0 Å². The molecule has 0 atom stereocenters. The molecule has 2 aromatic carbocycles. The van der Waals surface area contributed by atoms with Gasteiger partial charge in [-0.15, -0.1) is 5.10 Å². The molecule has 0 bridgehead atoms. The summed E-state index contributed by atoms with van der Waals surface area (Å²) in [4.78, 5) is 11.1. The van der Waals surface area contributed by atoms with Crippen molar-refractivity contribution in [3.05, 3.63) is 59.4 Å². The Hall–Kier alpha value is -2.73. The lowest BCUT2D eigenvalue weighted by Crippen LogP contribution is -2.13. The minimum Gasteiger partial charge on any atom is -0.476 e. The largest absolute Gasteiger partial charge is 0.476 e. The summed E-state index contributed by atoms with van der Waals surface area (Å²) in [6.45, 7) is 0.521. The van der Waals surface area contributed by atoms with Crippen molar-refractivity contribution in [3.63, 3.8) is 0 Å². The van der Waals surface area contributed by atoms with Gasteiger partial charge in [-0.1, -0.05) is 47.7 Å². The standard InChI is InChI=1S/C15H14N4O2/c16-8-13-14(15(20)21)17-18-19(13)9-11-6-3-5-10-4-1-2-7-12(10)11/h1-7H,8-9,16H2,(H,20,21). The number of nitrogens with two attached hydrogens (primary N) is 1. The molecular weight excluding hydrogens is 268 g/mol. The van der Waals surface area contributed by atoms with Crippen molar-refractivity contribution >= 4 is 16.7 Å². The molecule has 0 radical (unpaired) electrons. The van der Waals surface area contributed by atoms with E-state index < -0.39 is 5.97 Å². The Bertz CT molecular complexity index is 805. The molecule has 0 aliphatic heterocycles. The average molecular weight is 282 g/mol. The van der Waals surface area contributed by atoms with Crippen LogP contribution >= 0.6 is 0 Å². The first kappa shape index (κ1) is 13.3.